The van der Waals surface area contributed by atoms with Crippen molar-refractivity contribution in [3.05, 3.63) is 41.1 Å². The van der Waals surface area contributed by atoms with Crippen molar-refractivity contribution in [3.63, 3.8) is 0 Å². The summed E-state index contributed by atoms with van der Waals surface area (Å²) in [6.07, 6.45) is 5.02. The monoisotopic (exact) mass is 255 g/mol. The Hall–Kier alpha value is -1.83. The molecule has 0 aliphatic rings. The van der Waals surface area contributed by atoms with E-state index < -0.39 is 0 Å². The molecular weight excluding hydrogens is 234 g/mol. The summed E-state index contributed by atoms with van der Waals surface area (Å²) in [7, 11) is 0. The van der Waals surface area contributed by atoms with Crippen molar-refractivity contribution in [3.8, 4) is 0 Å². The van der Waals surface area contributed by atoms with Gasteiger partial charge < -0.3 is 4.98 Å². The summed E-state index contributed by atoms with van der Waals surface area (Å²) in [6.45, 7) is 7.90. The Labute approximate surface area is 114 Å². The van der Waals surface area contributed by atoms with E-state index in [0.29, 0.717) is 0 Å². The number of allylic oxidation sites excluding steroid dienone is 1. The van der Waals surface area contributed by atoms with Crippen LogP contribution >= 0.6 is 0 Å². The average Bonchev–Trinajstić information content (AvgIpc) is 2.78. The lowest BCUT2D eigenvalue weighted by Gasteiger charge is -2.07. The maximum atomic E-state index is 11.7. The van der Waals surface area contributed by atoms with Crippen LogP contribution in [0.2, 0.25) is 0 Å². The minimum atomic E-state index is 0.149. The molecule has 0 radical (unpaired) electrons. The zero-order chi connectivity index (χ0) is 14.0. The van der Waals surface area contributed by atoms with E-state index in [-0.39, 0.29) is 11.7 Å². The van der Waals surface area contributed by atoms with Crippen molar-refractivity contribution in [2.75, 3.05) is 0 Å². The third-order valence-electron chi connectivity index (χ3n) is 3.55. The number of fused-ring (bicyclic) bond motifs is 1. The van der Waals surface area contributed by atoms with Crippen LogP contribution in [0.25, 0.3) is 17.0 Å². The zero-order valence-electron chi connectivity index (χ0n) is 12.1. The van der Waals surface area contributed by atoms with Gasteiger partial charge >= 0.3 is 0 Å². The van der Waals surface area contributed by atoms with E-state index in [1.165, 1.54) is 16.5 Å². The van der Waals surface area contributed by atoms with Crippen molar-refractivity contribution in [1.82, 2.24) is 4.98 Å². The Morgan fingerprint density at radius 1 is 1.37 bits per heavy atom. The highest BCUT2D eigenvalue weighted by Crippen LogP contribution is 2.25. The third kappa shape index (κ3) is 2.62. The Balaban J connectivity index is 2.58. The summed E-state index contributed by atoms with van der Waals surface area (Å²) in [4.78, 5) is 15.0. The molecule has 1 aromatic heterocycles. The number of nitrogens with one attached hydrogen (secondary N) is 1. The molecule has 2 heteroatoms. The minimum absolute atomic E-state index is 0.149. The van der Waals surface area contributed by atoms with Crippen molar-refractivity contribution < 1.29 is 4.79 Å². The Morgan fingerprint density at radius 3 is 2.68 bits per heavy atom. The van der Waals surface area contributed by atoms with Gasteiger partial charge in [-0.1, -0.05) is 39.0 Å². The smallest absolute Gasteiger partial charge is 0.156 e. The molecule has 0 amide bonds. The number of hydrogen-bond donors (Lipinski definition) is 1. The predicted molar refractivity (Wildman–Crippen MR) is 81.2 cm³/mol. The third-order valence-corrected chi connectivity index (χ3v) is 3.55. The Morgan fingerprint density at radius 2 is 2.11 bits per heavy atom. The largest absolute Gasteiger partial charge is 0.360 e. The van der Waals surface area contributed by atoms with Gasteiger partial charge in [-0.3, -0.25) is 4.79 Å². The zero-order valence-corrected chi connectivity index (χ0v) is 12.1. The number of carbonyl (C=O) groups is 1. The van der Waals surface area contributed by atoms with Crippen molar-refractivity contribution in [2.45, 2.75) is 34.1 Å². The van der Waals surface area contributed by atoms with E-state index in [1.807, 2.05) is 12.3 Å². The van der Waals surface area contributed by atoms with Crippen molar-refractivity contribution in [2.24, 2.45) is 5.92 Å². The van der Waals surface area contributed by atoms with Crippen LogP contribution in [0, 0.1) is 5.92 Å². The predicted octanol–water partition coefficient (Wildman–Crippen LogP) is 4.36. The summed E-state index contributed by atoms with van der Waals surface area (Å²) >= 11 is 0. The SMILES string of the molecule is CCc1cccc2c(/C=C(/C(C)=O)C(C)C)c[nH]c12. The second kappa shape index (κ2) is 5.43. The molecule has 100 valence electrons. The molecule has 1 aromatic carbocycles. The lowest BCUT2D eigenvalue weighted by Crippen LogP contribution is -2.03. The van der Waals surface area contributed by atoms with Crippen LogP contribution in [0.4, 0.5) is 0 Å². The van der Waals surface area contributed by atoms with E-state index in [2.05, 4.69) is 44.0 Å². The minimum Gasteiger partial charge on any atom is -0.360 e. The van der Waals surface area contributed by atoms with Crippen molar-refractivity contribution >= 4 is 22.8 Å². The van der Waals surface area contributed by atoms with Gasteiger partial charge in [0.25, 0.3) is 0 Å². The van der Waals surface area contributed by atoms with E-state index >= 15 is 0 Å². The normalized spacial score (nSPS) is 12.4. The highest BCUT2D eigenvalue weighted by atomic mass is 16.1. The average molecular weight is 255 g/mol. The number of aromatic nitrogens is 1. The van der Waals surface area contributed by atoms with Gasteiger partial charge in [-0.05, 0) is 36.5 Å². The molecule has 2 nitrogen and oxygen atoms in total. The summed E-state index contributed by atoms with van der Waals surface area (Å²) < 4.78 is 0. The second-order valence-corrected chi connectivity index (χ2v) is 5.25. The molecule has 0 unspecified atom stereocenters. The van der Waals surface area contributed by atoms with Crippen LogP contribution in [-0.2, 0) is 11.2 Å². The van der Waals surface area contributed by atoms with Gasteiger partial charge in [-0.2, -0.15) is 0 Å². The van der Waals surface area contributed by atoms with Crippen LogP contribution < -0.4 is 0 Å². The Bertz CT molecular complexity index is 632. The lowest BCUT2D eigenvalue weighted by atomic mass is 9.96. The van der Waals surface area contributed by atoms with E-state index in [4.69, 9.17) is 0 Å². The molecule has 0 atom stereocenters. The molecule has 1 N–H and O–H groups in total. The van der Waals surface area contributed by atoms with Crippen molar-refractivity contribution in [1.29, 1.82) is 0 Å². The van der Waals surface area contributed by atoms with Gasteiger partial charge in [0.1, 0.15) is 0 Å². The molecule has 0 spiro atoms. The highest BCUT2D eigenvalue weighted by Gasteiger charge is 2.11. The van der Waals surface area contributed by atoms with Crippen LogP contribution in [-0.4, -0.2) is 10.8 Å². The van der Waals surface area contributed by atoms with E-state index in [1.54, 1.807) is 6.92 Å². The molecule has 0 saturated carbocycles. The number of aromatic amines is 1. The van der Waals surface area contributed by atoms with Gasteiger partial charge in [-0.15, -0.1) is 0 Å². The van der Waals surface area contributed by atoms with Gasteiger partial charge in [0.05, 0.1) is 0 Å². The summed E-state index contributed by atoms with van der Waals surface area (Å²) in [5.74, 6) is 0.396. The summed E-state index contributed by atoms with van der Waals surface area (Å²) in [5, 5.41) is 1.19. The van der Waals surface area contributed by atoms with E-state index in [0.717, 1.165) is 17.6 Å². The van der Waals surface area contributed by atoms with Crippen LogP contribution in [0.15, 0.2) is 30.0 Å². The fourth-order valence-corrected chi connectivity index (χ4v) is 2.50. The first-order valence-electron chi connectivity index (χ1n) is 6.86. The number of benzene rings is 1. The fraction of sp³-hybridized carbons (Fsp3) is 0.353. The molecule has 0 aliphatic heterocycles. The molecule has 2 aromatic rings. The van der Waals surface area contributed by atoms with Gasteiger partial charge in [0.2, 0.25) is 0 Å². The number of Topliss-reactive ketones (excluding diaryl/α,β-unsaturated/α-hetero) is 1. The number of H-pyrrole nitrogens is 1. The standard InChI is InChI=1S/C17H21NO/c1-5-13-7-6-8-15-14(10-18-17(13)15)9-16(11(2)3)12(4)19/h6-11,18H,5H2,1-4H3/b16-9+. The number of hydrogen-bond acceptors (Lipinski definition) is 1. The van der Waals surface area contributed by atoms with E-state index in [9.17, 15) is 4.79 Å². The van der Waals surface area contributed by atoms with Gasteiger partial charge in [-0.25, -0.2) is 0 Å². The van der Waals surface area contributed by atoms with Crippen LogP contribution in [0.1, 0.15) is 38.8 Å². The lowest BCUT2D eigenvalue weighted by molar-refractivity contribution is -0.113. The van der Waals surface area contributed by atoms with Gasteiger partial charge in [0.15, 0.2) is 5.78 Å². The molecule has 0 fully saturated rings. The molecule has 2 rings (SSSR count). The molecular formula is C17H21NO. The maximum Gasteiger partial charge on any atom is 0.156 e. The summed E-state index contributed by atoms with van der Waals surface area (Å²) in [6, 6.07) is 6.32. The molecule has 0 saturated heterocycles. The maximum absolute atomic E-state index is 11.7. The first kappa shape index (κ1) is 13.6. The number of rotatable bonds is 4. The van der Waals surface area contributed by atoms with Gasteiger partial charge in [0, 0.05) is 22.7 Å². The molecule has 1 heterocycles. The fourth-order valence-electron chi connectivity index (χ4n) is 2.50. The second-order valence-electron chi connectivity index (χ2n) is 5.25. The van der Waals surface area contributed by atoms with Crippen LogP contribution in [0.5, 0.6) is 0 Å². The molecule has 19 heavy (non-hydrogen) atoms. The quantitative estimate of drug-likeness (QED) is 0.809. The number of ketones is 1. The number of para-hydroxylation sites is 1. The van der Waals surface area contributed by atoms with Crippen LogP contribution in [0.3, 0.4) is 0 Å². The highest BCUT2D eigenvalue weighted by molar-refractivity contribution is 6.01. The first-order chi connectivity index (χ1) is 9.04. The molecule has 0 bridgehead atoms. The summed E-state index contributed by atoms with van der Waals surface area (Å²) in [5.41, 5.74) is 4.47. The topological polar surface area (TPSA) is 32.9 Å². The Kier molecular flexibility index (Phi) is 3.89. The molecule has 0 aliphatic carbocycles. The number of aryl methyl sites for hydroxylation is 1. The first-order valence-corrected chi connectivity index (χ1v) is 6.86. The number of carbonyl (C=O) groups excluding carboxylic acids is 1.